The van der Waals surface area contributed by atoms with Crippen LogP contribution in [-0.4, -0.2) is 11.7 Å². The molecule has 6 heteroatoms. The lowest BCUT2D eigenvalue weighted by atomic mass is 10.1. The van der Waals surface area contributed by atoms with Crippen molar-refractivity contribution in [2.24, 2.45) is 0 Å². The Labute approximate surface area is 124 Å². The van der Waals surface area contributed by atoms with E-state index in [4.69, 9.17) is 0 Å². The summed E-state index contributed by atoms with van der Waals surface area (Å²) < 4.78 is 37.5. The average molecular weight is 311 g/mol. The molecule has 0 saturated heterocycles. The number of rotatable bonds is 4. The molecule has 0 aliphatic rings. The molecule has 0 radical (unpaired) electrons. The number of halogens is 3. The van der Waals surface area contributed by atoms with Crippen LogP contribution in [0.4, 0.5) is 18.9 Å². The molecule has 0 aliphatic carbocycles. The van der Waals surface area contributed by atoms with Crippen LogP contribution in [0.25, 0.3) is 0 Å². The van der Waals surface area contributed by atoms with Gasteiger partial charge in [0.1, 0.15) is 5.82 Å². The van der Waals surface area contributed by atoms with Gasteiger partial charge >= 0.3 is 0 Å². The maximum Gasteiger partial charge on any atom is 0.288 e. The number of hydrogen-bond donors (Lipinski definition) is 1. The van der Waals surface area contributed by atoms with Gasteiger partial charge in [0.05, 0.1) is 0 Å². The number of benzene rings is 2. The Hall–Kier alpha value is -1.95. The lowest BCUT2D eigenvalue weighted by Gasteiger charge is -2.09. The standard InChI is InChI=1S/C15H12F3NOS/c1-9-2-5-11(16)8-13(9)19-14(20)10-3-6-12(7-4-10)21-15(17)18/h2-8,15H,1H3,(H,19,20). The van der Waals surface area contributed by atoms with Gasteiger partial charge in [-0.05, 0) is 48.9 Å². The van der Waals surface area contributed by atoms with Crippen LogP contribution in [0.1, 0.15) is 15.9 Å². The molecule has 0 bridgehead atoms. The van der Waals surface area contributed by atoms with Gasteiger partial charge in [-0.1, -0.05) is 17.8 Å². The molecule has 0 heterocycles. The van der Waals surface area contributed by atoms with E-state index in [0.29, 0.717) is 27.9 Å². The number of anilines is 1. The molecule has 0 unspecified atom stereocenters. The Morgan fingerprint density at radius 2 is 1.81 bits per heavy atom. The van der Waals surface area contributed by atoms with E-state index >= 15 is 0 Å². The highest BCUT2D eigenvalue weighted by atomic mass is 32.2. The van der Waals surface area contributed by atoms with E-state index in [1.165, 1.54) is 36.4 Å². The van der Waals surface area contributed by atoms with Gasteiger partial charge in [-0.2, -0.15) is 8.78 Å². The molecule has 2 nitrogen and oxygen atoms in total. The molecule has 0 aromatic heterocycles. The van der Waals surface area contributed by atoms with E-state index in [1.807, 2.05) is 0 Å². The second-order valence-corrected chi connectivity index (χ2v) is 5.38. The number of hydrogen-bond acceptors (Lipinski definition) is 2. The first-order valence-electron chi connectivity index (χ1n) is 6.08. The van der Waals surface area contributed by atoms with Gasteiger partial charge in [0.25, 0.3) is 11.7 Å². The fraction of sp³-hybridized carbons (Fsp3) is 0.133. The first-order chi connectivity index (χ1) is 9.95. The minimum absolute atomic E-state index is 0.317. The van der Waals surface area contributed by atoms with Gasteiger partial charge in [-0.25, -0.2) is 4.39 Å². The van der Waals surface area contributed by atoms with Crippen molar-refractivity contribution in [3.05, 3.63) is 59.4 Å². The molecule has 1 N–H and O–H groups in total. The van der Waals surface area contributed by atoms with E-state index in [0.717, 1.165) is 5.56 Å². The van der Waals surface area contributed by atoms with E-state index in [-0.39, 0.29) is 0 Å². The van der Waals surface area contributed by atoms with Crippen molar-refractivity contribution in [1.82, 2.24) is 0 Å². The minimum atomic E-state index is -2.50. The number of aryl methyl sites for hydroxylation is 1. The Bertz CT molecular complexity index is 644. The summed E-state index contributed by atoms with van der Waals surface area (Å²) >= 11 is 0.413. The highest BCUT2D eigenvalue weighted by molar-refractivity contribution is 7.99. The van der Waals surface area contributed by atoms with Crippen molar-refractivity contribution in [3.8, 4) is 0 Å². The molecule has 0 fully saturated rings. The lowest BCUT2D eigenvalue weighted by molar-refractivity contribution is 0.102. The zero-order valence-electron chi connectivity index (χ0n) is 11.1. The van der Waals surface area contributed by atoms with Gasteiger partial charge in [0.15, 0.2) is 0 Å². The smallest absolute Gasteiger partial charge is 0.288 e. The van der Waals surface area contributed by atoms with E-state index in [1.54, 1.807) is 13.0 Å². The molecular formula is C15H12F3NOS. The molecule has 2 aromatic rings. The van der Waals surface area contributed by atoms with Gasteiger partial charge in [-0.3, -0.25) is 4.79 Å². The van der Waals surface area contributed by atoms with Gasteiger partial charge in [-0.15, -0.1) is 0 Å². The summed E-state index contributed by atoms with van der Waals surface area (Å²) in [5, 5.41) is 2.59. The van der Waals surface area contributed by atoms with Crippen molar-refractivity contribution in [3.63, 3.8) is 0 Å². The van der Waals surface area contributed by atoms with Crippen LogP contribution in [0.2, 0.25) is 0 Å². The maximum absolute atomic E-state index is 13.1. The highest BCUT2D eigenvalue weighted by Crippen LogP contribution is 2.25. The highest BCUT2D eigenvalue weighted by Gasteiger charge is 2.10. The van der Waals surface area contributed by atoms with E-state index in [9.17, 15) is 18.0 Å². The Kier molecular flexibility index (Phi) is 4.90. The molecule has 0 saturated carbocycles. The van der Waals surface area contributed by atoms with Crippen LogP contribution in [-0.2, 0) is 0 Å². The van der Waals surface area contributed by atoms with Gasteiger partial charge in [0, 0.05) is 16.1 Å². The fourth-order valence-electron chi connectivity index (χ4n) is 1.71. The Morgan fingerprint density at radius 1 is 1.14 bits per heavy atom. The molecular weight excluding hydrogens is 299 g/mol. The number of amides is 1. The number of carbonyl (C=O) groups excluding carboxylic acids is 1. The van der Waals surface area contributed by atoms with Gasteiger partial charge in [0.2, 0.25) is 0 Å². The number of thioether (sulfide) groups is 1. The van der Waals surface area contributed by atoms with Crippen LogP contribution in [0.3, 0.4) is 0 Å². The summed E-state index contributed by atoms with van der Waals surface area (Å²) in [5.74, 6) is -3.36. The third-order valence-corrected chi connectivity index (χ3v) is 3.51. The molecule has 0 atom stereocenters. The molecule has 0 spiro atoms. The average Bonchev–Trinajstić information content (AvgIpc) is 2.43. The van der Waals surface area contributed by atoms with Crippen LogP contribution < -0.4 is 5.32 Å². The Morgan fingerprint density at radius 3 is 2.43 bits per heavy atom. The second kappa shape index (κ2) is 6.67. The van der Waals surface area contributed by atoms with Crippen molar-refractivity contribution < 1.29 is 18.0 Å². The summed E-state index contributed by atoms with van der Waals surface area (Å²) in [5.41, 5.74) is 1.43. The largest absolute Gasteiger partial charge is 0.322 e. The van der Waals surface area contributed by atoms with Crippen LogP contribution in [0, 0.1) is 12.7 Å². The van der Waals surface area contributed by atoms with Crippen LogP contribution >= 0.6 is 11.8 Å². The maximum atomic E-state index is 13.1. The second-order valence-electron chi connectivity index (χ2n) is 4.32. The summed E-state index contributed by atoms with van der Waals surface area (Å²) in [6.45, 7) is 1.75. The minimum Gasteiger partial charge on any atom is -0.322 e. The SMILES string of the molecule is Cc1ccc(F)cc1NC(=O)c1ccc(SC(F)F)cc1. The van der Waals surface area contributed by atoms with Crippen molar-refractivity contribution in [2.75, 3.05) is 5.32 Å². The first kappa shape index (κ1) is 15.4. The van der Waals surface area contributed by atoms with Crippen molar-refractivity contribution >= 4 is 23.4 Å². The van der Waals surface area contributed by atoms with Gasteiger partial charge < -0.3 is 5.32 Å². The molecule has 2 aromatic carbocycles. The quantitative estimate of drug-likeness (QED) is 0.829. The fourth-order valence-corrected chi connectivity index (χ4v) is 2.21. The molecule has 110 valence electrons. The summed E-state index contributed by atoms with van der Waals surface area (Å²) in [7, 11) is 0. The molecule has 2 rings (SSSR count). The number of alkyl halides is 2. The predicted octanol–water partition coefficient (Wildman–Crippen LogP) is 4.70. The lowest BCUT2D eigenvalue weighted by Crippen LogP contribution is -2.12. The summed E-state index contributed by atoms with van der Waals surface area (Å²) in [6, 6.07) is 9.90. The number of carbonyl (C=O) groups is 1. The zero-order chi connectivity index (χ0) is 15.4. The summed E-state index contributed by atoms with van der Waals surface area (Å²) in [6.07, 6.45) is 0. The molecule has 21 heavy (non-hydrogen) atoms. The first-order valence-corrected chi connectivity index (χ1v) is 6.96. The van der Waals surface area contributed by atoms with Crippen LogP contribution in [0.15, 0.2) is 47.4 Å². The topological polar surface area (TPSA) is 29.1 Å². The molecule has 0 aliphatic heterocycles. The van der Waals surface area contributed by atoms with E-state index in [2.05, 4.69) is 5.32 Å². The third kappa shape index (κ3) is 4.26. The predicted molar refractivity (Wildman–Crippen MR) is 77.4 cm³/mol. The summed E-state index contributed by atoms with van der Waals surface area (Å²) in [4.78, 5) is 12.4. The van der Waals surface area contributed by atoms with E-state index < -0.39 is 17.5 Å². The monoisotopic (exact) mass is 311 g/mol. The normalized spacial score (nSPS) is 10.7. The van der Waals surface area contributed by atoms with Crippen molar-refractivity contribution in [1.29, 1.82) is 0 Å². The number of nitrogens with one attached hydrogen (secondary N) is 1. The Balaban J connectivity index is 2.11. The molecule has 1 amide bonds. The van der Waals surface area contributed by atoms with Crippen LogP contribution in [0.5, 0.6) is 0 Å². The van der Waals surface area contributed by atoms with Crippen molar-refractivity contribution in [2.45, 2.75) is 17.6 Å². The zero-order valence-corrected chi connectivity index (χ0v) is 11.9. The third-order valence-electron chi connectivity index (χ3n) is 2.79.